The van der Waals surface area contributed by atoms with Crippen molar-refractivity contribution in [3.05, 3.63) is 60.4 Å². The van der Waals surface area contributed by atoms with Crippen LogP contribution in [-0.4, -0.2) is 16.3 Å². The van der Waals surface area contributed by atoms with Gasteiger partial charge in [-0.25, -0.2) is 9.97 Å². The minimum Gasteiger partial charge on any atom is -0.424 e. The quantitative estimate of drug-likeness (QED) is 0.669. The van der Waals surface area contributed by atoms with Gasteiger partial charge in [-0.3, -0.25) is 4.79 Å². The first-order chi connectivity index (χ1) is 9.36. The van der Waals surface area contributed by atoms with E-state index in [0.717, 1.165) is 10.8 Å². The Morgan fingerprint density at radius 3 is 2.47 bits per heavy atom. The van der Waals surface area contributed by atoms with E-state index in [2.05, 4.69) is 9.97 Å². The van der Waals surface area contributed by atoms with Gasteiger partial charge in [-0.15, -0.1) is 0 Å². The van der Waals surface area contributed by atoms with Crippen molar-refractivity contribution in [3.8, 4) is 11.8 Å². The maximum atomic E-state index is 10.5. The van der Waals surface area contributed by atoms with E-state index >= 15 is 0 Å². The summed E-state index contributed by atoms with van der Waals surface area (Å²) in [5, 5.41) is 2.08. The second-order valence-corrected chi connectivity index (χ2v) is 4.00. The number of carbonyl (C=O) groups is 1. The fourth-order valence-corrected chi connectivity index (χ4v) is 1.82. The number of hydrogen-bond acceptors (Lipinski definition) is 4. The Morgan fingerprint density at radius 2 is 1.68 bits per heavy atom. The summed E-state index contributed by atoms with van der Waals surface area (Å²) < 4.78 is 5.65. The molecule has 0 amide bonds. The topological polar surface area (TPSA) is 52.1 Å². The summed E-state index contributed by atoms with van der Waals surface area (Å²) in [6.07, 6.45) is 3.56. The molecule has 0 atom stereocenters. The van der Waals surface area contributed by atoms with Crippen LogP contribution in [0.5, 0.6) is 11.8 Å². The molecular weight excluding hydrogens is 240 g/mol. The number of ether oxygens (including phenoxy) is 1. The lowest BCUT2D eigenvalue weighted by atomic mass is 10.1. The highest BCUT2D eigenvalue weighted by Gasteiger charge is 2.04. The number of nitrogens with zero attached hydrogens (tertiary/aromatic N) is 2. The van der Waals surface area contributed by atoms with Crippen LogP contribution in [0.3, 0.4) is 0 Å². The number of rotatable bonds is 3. The van der Waals surface area contributed by atoms with Crippen molar-refractivity contribution in [3.63, 3.8) is 0 Å². The van der Waals surface area contributed by atoms with Gasteiger partial charge in [-0.05, 0) is 11.5 Å². The number of benzene rings is 2. The normalized spacial score (nSPS) is 10.3. The first-order valence-corrected chi connectivity index (χ1v) is 5.79. The molecule has 0 fully saturated rings. The molecule has 19 heavy (non-hydrogen) atoms. The van der Waals surface area contributed by atoms with Gasteiger partial charge < -0.3 is 4.74 Å². The summed E-state index contributed by atoms with van der Waals surface area (Å²) in [5.41, 5.74) is 0.422. The molecule has 1 aromatic heterocycles. The standard InChI is InChI=1S/C15H10N2O2/c18-10-11-8-16-15(17-9-11)19-14-7-3-5-12-4-1-2-6-13(12)14/h1-10H. The van der Waals surface area contributed by atoms with E-state index in [9.17, 15) is 4.79 Å². The van der Waals surface area contributed by atoms with E-state index in [-0.39, 0.29) is 6.01 Å². The third-order valence-corrected chi connectivity index (χ3v) is 2.74. The van der Waals surface area contributed by atoms with Crippen LogP contribution in [0.15, 0.2) is 54.9 Å². The van der Waals surface area contributed by atoms with Crippen molar-refractivity contribution >= 4 is 17.1 Å². The van der Waals surface area contributed by atoms with E-state index in [0.29, 0.717) is 17.6 Å². The largest absolute Gasteiger partial charge is 0.424 e. The number of aldehydes is 1. The molecule has 0 radical (unpaired) electrons. The molecule has 3 rings (SSSR count). The molecule has 0 unspecified atom stereocenters. The second-order valence-electron chi connectivity index (χ2n) is 4.00. The van der Waals surface area contributed by atoms with Gasteiger partial charge in [0, 0.05) is 17.8 Å². The molecule has 0 bridgehead atoms. The second kappa shape index (κ2) is 4.86. The van der Waals surface area contributed by atoms with Gasteiger partial charge in [0.1, 0.15) is 5.75 Å². The van der Waals surface area contributed by atoms with Crippen LogP contribution >= 0.6 is 0 Å². The minimum absolute atomic E-state index is 0.224. The lowest BCUT2D eigenvalue weighted by Crippen LogP contribution is -1.93. The van der Waals surface area contributed by atoms with Gasteiger partial charge in [0.2, 0.25) is 0 Å². The lowest BCUT2D eigenvalue weighted by Gasteiger charge is -2.06. The van der Waals surface area contributed by atoms with Gasteiger partial charge in [0.25, 0.3) is 0 Å². The van der Waals surface area contributed by atoms with Gasteiger partial charge in [-0.2, -0.15) is 0 Å². The van der Waals surface area contributed by atoms with Crippen LogP contribution < -0.4 is 4.74 Å². The Hall–Kier alpha value is -2.75. The van der Waals surface area contributed by atoms with Crippen LogP contribution in [-0.2, 0) is 0 Å². The Labute approximate surface area is 109 Å². The Morgan fingerprint density at radius 1 is 0.947 bits per heavy atom. The molecular formula is C15H10N2O2. The first-order valence-electron chi connectivity index (χ1n) is 5.79. The van der Waals surface area contributed by atoms with E-state index in [4.69, 9.17) is 4.74 Å². The van der Waals surface area contributed by atoms with Crippen LogP contribution in [0.2, 0.25) is 0 Å². The first kappa shape index (κ1) is 11.3. The van der Waals surface area contributed by atoms with E-state index in [1.807, 2.05) is 42.5 Å². The van der Waals surface area contributed by atoms with Crippen molar-refractivity contribution in [2.45, 2.75) is 0 Å². The Balaban J connectivity index is 1.98. The van der Waals surface area contributed by atoms with E-state index in [1.165, 1.54) is 12.4 Å². The molecule has 3 aromatic rings. The maximum absolute atomic E-state index is 10.5. The van der Waals surface area contributed by atoms with Crippen molar-refractivity contribution < 1.29 is 9.53 Å². The Kier molecular flexibility index (Phi) is 2.90. The predicted octanol–water partition coefficient (Wildman–Crippen LogP) is 3.23. The monoisotopic (exact) mass is 250 g/mol. The average molecular weight is 250 g/mol. The van der Waals surface area contributed by atoms with Gasteiger partial charge >= 0.3 is 6.01 Å². The highest BCUT2D eigenvalue weighted by atomic mass is 16.5. The molecule has 0 aliphatic heterocycles. The van der Waals surface area contributed by atoms with Gasteiger partial charge in [0.05, 0.1) is 5.56 Å². The fourth-order valence-electron chi connectivity index (χ4n) is 1.82. The number of fused-ring (bicyclic) bond motifs is 1. The summed E-state index contributed by atoms with van der Waals surface area (Å²) in [4.78, 5) is 18.5. The molecule has 0 saturated carbocycles. The summed E-state index contributed by atoms with van der Waals surface area (Å²) >= 11 is 0. The zero-order valence-corrected chi connectivity index (χ0v) is 9.98. The van der Waals surface area contributed by atoms with Gasteiger partial charge in [-0.1, -0.05) is 36.4 Å². The van der Waals surface area contributed by atoms with Crippen molar-refractivity contribution in [2.24, 2.45) is 0 Å². The third-order valence-electron chi connectivity index (χ3n) is 2.74. The van der Waals surface area contributed by atoms with E-state index in [1.54, 1.807) is 0 Å². The summed E-state index contributed by atoms with van der Waals surface area (Å²) in [7, 11) is 0. The zero-order valence-electron chi connectivity index (χ0n) is 9.98. The minimum atomic E-state index is 0.224. The molecule has 2 aromatic carbocycles. The van der Waals surface area contributed by atoms with Crippen LogP contribution in [0.1, 0.15) is 10.4 Å². The lowest BCUT2D eigenvalue weighted by molar-refractivity contribution is 0.112. The molecule has 92 valence electrons. The van der Waals surface area contributed by atoms with Crippen LogP contribution in [0.25, 0.3) is 10.8 Å². The summed E-state index contributed by atoms with van der Waals surface area (Å²) in [6.45, 7) is 0. The number of hydrogen-bond donors (Lipinski definition) is 0. The van der Waals surface area contributed by atoms with E-state index < -0.39 is 0 Å². The highest BCUT2D eigenvalue weighted by Crippen LogP contribution is 2.27. The van der Waals surface area contributed by atoms with Crippen LogP contribution in [0, 0.1) is 0 Å². The number of aromatic nitrogens is 2. The highest BCUT2D eigenvalue weighted by molar-refractivity contribution is 5.88. The summed E-state index contributed by atoms with van der Waals surface area (Å²) in [5.74, 6) is 0.692. The molecule has 0 N–H and O–H groups in total. The third kappa shape index (κ3) is 2.28. The Bertz CT molecular complexity index is 718. The molecule has 0 spiro atoms. The molecule has 0 aliphatic carbocycles. The molecule has 4 heteroatoms. The van der Waals surface area contributed by atoms with Crippen molar-refractivity contribution in [2.75, 3.05) is 0 Å². The van der Waals surface area contributed by atoms with Crippen LogP contribution in [0.4, 0.5) is 0 Å². The molecule has 0 saturated heterocycles. The maximum Gasteiger partial charge on any atom is 0.321 e. The summed E-state index contributed by atoms with van der Waals surface area (Å²) in [6, 6.07) is 13.9. The fraction of sp³-hybridized carbons (Fsp3) is 0. The smallest absolute Gasteiger partial charge is 0.321 e. The SMILES string of the molecule is O=Cc1cnc(Oc2cccc3ccccc23)nc1. The molecule has 1 heterocycles. The molecule has 0 aliphatic rings. The van der Waals surface area contributed by atoms with Gasteiger partial charge in [0.15, 0.2) is 6.29 Å². The molecule has 4 nitrogen and oxygen atoms in total. The zero-order chi connectivity index (χ0) is 13.1. The average Bonchev–Trinajstić information content (AvgIpc) is 2.48. The number of carbonyl (C=O) groups excluding carboxylic acids is 1. The predicted molar refractivity (Wildman–Crippen MR) is 71.4 cm³/mol. The van der Waals surface area contributed by atoms with Crippen molar-refractivity contribution in [1.29, 1.82) is 0 Å². The van der Waals surface area contributed by atoms with Crippen molar-refractivity contribution in [1.82, 2.24) is 9.97 Å².